The number of amides is 1. The monoisotopic (exact) mass is 431 g/mol. The third-order valence-corrected chi connectivity index (χ3v) is 5.96. The van der Waals surface area contributed by atoms with Gasteiger partial charge in [-0.2, -0.15) is 0 Å². The summed E-state index contributed by atoms with van der Waals surface area (Å²) in [4.78, 5) is 23.6. The van der Waals surface area contributed by atoms with E-state index in [1.165, 1.54) is 33.6 Å². The van der Waals surface area contributed by atoms with Gasteiger partial charge in [0.2, 0.25) is 0 Å². The topological polar surface area (TPSA) is 75.6 Å². The molecule has 31 heavy (non-hydrogen) atoms. The van der Waals surface area contributed by atoms with E-state index in [1.54, 1.807) is 6.08 Å². The zero-order valence-corrected chi connectivity index (χ0v) is 17.5. The molecule has 0 fully saturated rings. The Kier molecular flexibility index (Phi) is 6.29. The average Bonchev–Trinajstić information content (AvgIpc) is 3.36. The number of carbonyl (C=O) groups is 2. The van der Waals surface area contributed by atoms with Gasteiger partial charge in [0, 0.05) is 23.4 Å². The number of benzene rings is 2. The summed E-state index contributed by atoms with van der Waals surface area (Å²) < 4.78 is 5.50. The Morgan fingerprint density at radius 1 is 1.03 bits per heavy atom. The fraction of sp³-hybridized carbons (Fsp3) is 0.120. The Morgan fingerprint density at radius 2 is 1.71 bits per heavy atom. The van der Waals surface area contributed by atoms with Crippen LogP contribution in [0, 0.1) is 0 Å². The fourth-order valence-corrected chi connectivity index (χ4v) is 4.45. The molecular formula is C25H21NO4S. The predicted molar refractivity (Wildman–Crippen MR) is 123 cm³/mol. The molecule has 2 N–H and O–H groups in total. The van der Waals surface area contributed by atoms with Crippen LogP contribution in [0.5, 0.6) is 0 Å². The van der Waals surface area contributed by atoms with E-state index < -0.39 is 12.1 Å². The second-order valence-electron chi connectivity index (χ2n) is 7.06. The van der Waals surface area contributed by atoms with E-state index in [-0.39, 0.29) is 12.5 Å². The van der Waals surface area contributed by atoms with Gasteiger partial charge in [-0.1, -0.05) is 60.7 Å². The number of rotatable bonds is 7. The van der Waals surface area contributed by atoms with Gasteiger partial charge in [0.15, 0.2) is 0 Å². The van der Waals surface area contributed by atoms with Crippen molar-refractivity contribution >= 4 is 35.6 Å². The number of hydrogen-bond donors (Lipinski definition) is 2. The van der Waals surface area contributed by atoms with Gasteiger partial charge in [-0.15, -0.1) is 11.3 Å². The number of fused-ring (bicyclic) bond motifs is 3. The number of alkyl carbamates (subject to hydrolysis) is 1. The number of ether oxygens (including phenoxy) is 1. The van der Waals surface area contributed by atoms with Gasteiger partial charge in [-0.3, -0.25) is 0 Å². The molecule has 6 heteroatoms. The lowest BCUT2D eigenvalue weighted by molar-refractivity contribution is -0.131. The highest BCUT2D eigenvalue weighted by Crippen LogP contribution is 2.44. The third kappa shape index (κ3) is 4.92. The lowest BCUT2D eigenvalue weighted by atomic mass is 9.98. The first-order chi connectivity index (χ1) is 15.1. The van der Waals surface area contributed by atoms with Gasteiger partial charge < -0.3 is 15.2 Å². The number of carbonyl (C=O) groups excluding carboxylic acids is 1. The van der Waals surface area contributed by atoms with Gasteiger partial charge in [-0.25, -0.2) is 9.59 Å². The lowest BCUT2D eigenvalue weighted by Crippen LogP contribution is -2.26. The minimum atomic E-state index is -0.974. The Morgan fingerprint density at radius 3 is 2.39 bits per heavy atom. The normalized spacial score (nSPS) is 12.8. The van der Waals surface area contributed by atoms with E-state index in [4.69, 9.17) is 9.84 Å². The van der Waals surface area contributed by atoms with Crippen molar-refractivity contribution in [1.29, 1.82) is 0 Å². The summed E-state index contributed by atoms with van der Waals surface area (Å²) in [6.07, 6.45) is 5.91. The lowest BCUT2D eigenvalue weighted by Gasteiger charge is -2.14. The first kappa shape index (κ1) is 20.6. The Labute approximate surface area is 184 Å². The van der Waals surface area contributed by atoms with E-state index in [1.807, 2.05) is 47.9 Å². The first-order valence-electron chi connectivity index (χ1n) is 9.87. The number of hydrogen-bond acceptors (Lipinski definition) is 4. The van der Waals surface area contributed by atoms with Crippen LogP contribution in [0.4, 0.5) is 4.79 Å². The van der Waals surface area contributed by atoms with Crippen molar-refractivity contribution in [3.63, 3.8) is 0 Å². The fourth-order valence-electron chi connectivity index (χ4n) is 3.68. The van der Waals surface area contributed by atoms with Crippen LogP contribution in [-0.2, 0) is 9.53 Å². The minimum Gasteiger partial charge on any atom is -0.478 e. The maximum Gasteiger partial charge on any atom is 0.407 e. The highest BCUT2D eigenvalue weighted by Gasteiger charge is 2.28. The Bertz CT molecular complexity index is 1120. The van der Waals surface area contributed by atoms with Crippen LogP contribution < -0.4 is 5.32 Å². The molecule has 1 amide bonds. The summed E-state index contributed by atoms with van der Waals surface area (Å²) in [6.45, 7) is 0.625. The smallest absolute Gasteiger partial charge is 0.407 e. The SMILES string of the molecule is O=C(O)/C=C/c1cc(C=CCNC(=O)OCC2c3ccccc3-c3ccccc32)cs1. The molecule has 1 heterocycles. The maximum absolute atomic E-state index is 12.2. The maximum atomic E-state index is 12.2. The van der Waals surface area contributed by atoms with Crippen LogP contribution in [0.2, 0.25) is 0 Å². The molecule has 0 saturated heterocycles. The van der Waals surface area contributed by atoms with E-state index >= 15 is 0 Å². The molecule has 1 aliphatic carbocycles. The van der Waals surface area contributed by atoms with Crippen molar-refractivity contribution in [1.82, 2.24) is 5.32 Å². The molecule has 0 saturated carbocycles. The van der Waals surface area contributed by atoms with Crippen LogP contribution in [-0.4, -0.2) is 30.3 Å². The standard InChI is InChI=1S/C25H21NO4S/c27-24(28)12-11-18-14-17(16-31-18)6-5-13-26-25(29)30-15-23-21-9-3-1-7-19(21)20-8-2-4-10-22(20)23/h1-12,14,16,23H,13,15H2,(H,26,29)(H,27,28)/b6-5?,12-11+. The zero-order chi connectivity index (χ0) is 21.6. The number of thiophene rings is 1. The first-order valence-corrected chi connectivity index (χ1v) is 10.7. The second kappa shape index (κ2) is 9.45. The third-order valence-electron chi connectivity index (χ3n) is 5.05. The van der Waals surface area contributed by atoms with Gasteiger partial charge >= 0.3 is 12.1 Å². The highest BCUT2D eigenvalue weighted by molar-refractivity contribution is 7.11. The van der Waals surface area contributed by atoms with Crippen molar-refractivity contribution in [2.75, 3.05) is 13.2 Å². The molecule has 156 valence electrons. The van der Waals surface area contributed by atoms with Gasteiger partial charge in [0.05, 0.1) is 0 Å². The predicted octanol–water partition coefficient (Wildman–Crippen LogP) is 5.40. The number of nitrogens with one attached hydrogen (secondary N) is 1. The quantitative estimate of drug-likeness (QED) is 0.491. The van der Waals surface area contributed by atoms with Crippen LogP contribution >= 0.6 is 11.3 Å². The summed E-state index contributed by atoms with van der Waals surface area (Å²) >= 11 is 1.45. The van der Waals surface area contributed by atoms with Gasteiger partial charge in [0.25, 0.3) is 0 Å². The molecule has 2 aromatic carbocycles. The molecule has 4 rings (SSSR count). The summed E-state index contributed by atoms with van der Waals surface area (Å²) in [6, 6.07) is 18.3. The van der Waals surface area contributed by atoms with Gasteiger partial charge in [-0.05, 0) is 45.3 Å². The molecule has 0 unspecified atom stereocenters. The van der Waals surface area contributed by atoms with E-state index in [0.29, 0.717) is 6.54 Å². The highest BCUT2D eigenvalue weighted by atomic mass is 32.1. The molecule has 0 atom stereocenters. The second-order valence-corrected chi connectivity index (χ2v) is 8.01. The Hall–Kier alpha value is -3.64. The van der Waals surface area contributed by atoms with Crippen LogP contribution in [0.1, 0.15) is 27.5 Å². The molecule has 0 aliphatic heterocycles. The summed E-state index contributed by atoms with van der Waals surface area (Å²) in [5.74, 6) is -0.936. The molecule has 1 aromatic heterocycles. The molecular weight excluding hydrogens is 410 g/mol. The van der Waals surface area contributed by atoms with E-state index in [2.05, 4.69) is 29.6 Å². The van der Waals surface area contributed by atoms with Crippen LogP contribution in [0.15, 0.2) is 72.1 Å². The summed E-state index contributed by atoms with van der Waals surface area (Å²) in [5, 5.41) is 13.3. The molecule has 0 spiro atoms. The van der Waals surface area contributed by atoms with Crippen molar-refractivity contribution in [2.45, 2.75) is 5.92 Å². The summed E-state index contributed by atoms with van der Waals surface area (Å²) in [5.41, 5.74) is 5.71. The van der Waals surface area contributed by atoms with Crippen molar-refractivity contribution in [3.05, 3.63) is 93.7 Å². The molecule has 5 nitrogen and oxygen atoms in total. The van der Waals surface area contributed by atoms with Crippen molar-refractivity contribution in [2.24, 2.45) is 0 Å². The summed E-state index contributed by atoms with van der Waals surface area (Å²) in [7, 11) is 0. The number of aliphatic carboxylic acids is 1. The molecule has 0 radical (unpaired) electrons. The largest absolute Gasteiger partial charge is 0.478 e. The molecule has 0 bridgehead atoms. The number of carboxylic acids is 1. The minimum absolute atomic E-state index is 0.0387. The van der Waals surface area contributed by atoms with Crippen molar-refractivity contribution in [3.8, 4) is 11.1 Å². The van der Waals surface area contributed by atoms with Crippen molar-refractivity contribution < 1.29 is 19.4 Å². The molecule has 3 aromatic rings. The van der Waals surface area contributed by atoms with E-state index in [0.717, 1.165) is 16.5 Å². The van der Waals surface area contributed by atoms with E-state index in [9.17, 15) is 9.59 Å². The Balaban J connectivity index is 1.29. The molecule has 1 aliphatic rings. The zero-order valence-electron chi connectivity index (χ0n) is 16.7. The number of carboxylic acid groups (broad SMARTS) is 1. The van der Waals surface area contributed by atoms with Crippen LogP contribution in [0.25, 0.3) is 23.3 Å². The van der Waals surface area contributed by atoms with Crippen LogP contribution in [0.3, 0.4) is 0 Å². The average molecular weight is 432 g/mol. The van der Waals surface area contributed by atoms with Gasteiger partial charge in [0.1, 0.15) is 6.61 Å².